The van der Waals surface area contributed by atoms with Crippen molar-refractivity contribution in [2.45, 2.75) is 64.1 Å². The van der Waals surface area contributed by atoms with Crippen LogP contribution in [0.25, 0.3) is 0 Å². The van der Waals surface area contributed by atoms with E-state index in [1.165, 1.54) is 5.56 Å². The lowest BCUT2D eigenvalue weighted by Crippen LogP contribution is -2.57. The average molecular weight is 380 g/mol. The van der Waals surface area contributed by atoms with Gasteiger partial charge in [0.25, 0.3) is 0 Å². The molecule has 2 heterocycles. The first-order valence-corrected chi connectivity index (χ1v) is 9.61. The van der Waals surface area contributed by atoms with Crippen LogP contribution in [-0.4, -0.2) is 29.6 Å². The van der Waals surface area contributed by atoms with Crippen LogP contribution in [0.3, 0.4) is 0 Å². The van der Waals surface area contributed by atoms with Gasteiger partial charge >= 0.3 is 5.97 Å². The smallest absolute Gasteiger partial charge is 0.323 e. The minimum Gasteiger partial charge on any atom is -0.460 e. The summed E-state index contributed by atoms with van der Waals surface area (Å²) >= 11 is 3.51. The molecule has 0 unspecified atom stereocenters. The number of carbonyl (C=O) groups is 1. The fraction of sp³-hybridized carbons (Fsp3) is 0.632. The number of esters is 1. The maximum Gasteiger partial charge on any atom is 0.323 e. The number of morpholine rings is 1. The quantitative estimate of drug-likeness (QED) is 0.709. The van der Waals surface area contributed by atoms with Gasteiger partial charge in [-0.25, -0.2) is 0 Å². The van der Waals surface area contributed by atoms with Gasteiger partial charge in [-0.3, -0.25) is 9.69 Å². The third kappa shape index (κ3) is 3.63. The van der Waals surface area contributed by atoms with Crippen LogP contribution < -0.4 is 0 Å². The van der Waals surface area contributed by atoms with Gasteiger partial charge in [0.15, 0.2) is 0 Å². The van der Waals surface area contributed by atoms with E-state index in [0.29, 0.717) is 12.0 Å². The lowest BCUT2D eigenvalue weighted by Gasteiger charge is -2.48. The average Bonchev–Trinajstić information content (AvgIpc) is 2.54. The van der Waals surface area contributed by atoms with Crippen molar-refractivity contribution >= 4 is 21.9 Å². The molecule has 3 rings (SSSR count). The highest BCUT2D eigenvalue weighted by molar-refractivity contribution is 9.10. The van der Waals surface area contributed by atoms with E-state index < -0.39 is 0 Å². The first kappa shape index (κ1) is 17.0. The molecular weight excluding hydrogens is 354 g/mol. The van der Waals surface area contributed by atoms with Gasteiger partial charge in [0, 0.05) is 17.1 Å². The van der Waals surface area contributed by atoms with Crippen molar-refractivity contribution in [2.24, 2.45) is 5.92 Å². The number of benzene rings is 1. The molecule has 3 nitrogen and oxygen atoms in total. The molecule has 0 bridgehead atoms. The highest BCUT2D eigenvalue weighted by Gasteiger charge is 2.44. The fourth-order valence-corrected chi connectivity index (χ4v) is 4.30. The molecular formula is C19H26BrNO2. The molecule has 2 aliphatic rings. The molecule has 126 valence electrons. The van der Waals surface area contributed by atoms with Crippen LogP contribution in [0.5, 0.6) is 0 Å². The second-order valence-corrected chi connectivity index (χ2v) is 7.88. The van der Waals surface area contributed by atoms with Crippen LogP contribution in [-0.2, 0) is 9.53 Å². The Morgan fingerprint density at radius 2 is 2.00 bits per heavy atom. The van der Waals surface area contributed by atoms with Crippen LogP contribution >= 0.6 is 15.9 Å². The summed E-state index contributed by atoms with van der Waals surface area (Å²) in [5.41, 5.74) is 1.31. The van der Waals surface area contributed by atoms with Gasteiger partial charge in [-0.1, -0.05) is 48.3 Å². The van der Waals surface area contributed by atoms with Crippen LogP contribution in [0, 0.1) is 5.92 Å². The van der Waals surface area contributed by atoms with E-state index in [2.05, 4.69) is 58.9 Å². The standard InChI is InChI=1S/C19H26BrNO2/c1-3-4-5-16-12-21-17(19(22)23-16)11-6-13(2)18(21)14-7-9-15(20)10-8-14/h7-10,13,16-18H,3-6,11-12H2,1-2H3/t13-,16+,17+,18+/m1/s1. The zero-order valence-electron chi connectivity index (χ0n) is 14.0. The van der Waals surface area contributed by atoms with Crippen molar-refractivity contribution in [3.63, 3.8) is 0 Å². The van der Waals surface area contributed by atoms with Crippen molar-refractivity contribution in [3.05, 3.63) is 34.3 Å². The Morgan fingerprint density at radius 1 is 1.26 bits per heavy atom. The molecule has 0 saturated carbocycles. The largest absolute Gasteiger partial charge is 0.460 e. The normalized spacial score (nSPS) is 31.5. The number of fused-ring (bicyclic) bond motifs is 1. The fourth-order valence-electron chi connectivity index (χ4n) is 4.04. The molecule has 2 fully saturated rings. The first-order valence-electron chi connectivity index (χ1n) is 8.82. The maximum atomic E-state index is 12.5. The third-order valence-corrected chi connectivity index (χ3v) is 5.78. The van der Waals surface area contributed by atoms with Gasteiger partial charge < -0.3 is 4.74 Å². The van der Waals surface area contributed by atoms with Gasteiger partial charge in [-0.15, -0.1) is 0 Å². The molecule has 4 heteroatoms. The van der Waals surface area contributed by atoms with Gasteiger partial charge in [-0.05, 0) is 49.3 Å². The topological polar surface area (TPSA) is 29.5 Å². The van der Waals surface area contributed by atoms with E-state index in [-0.39, 0.29) is 18.1 Å². The van der Waals surface area contributed by atoms with E-state index in [4.69, 9.17) is 4.74 Å². The molecule has 2 saturated heterocycles. The molecule has 4 atom stereocenters. The lowest BCUT2D eigenvalue weighted by atomic mass is 9.82. The second kappa shape index (κ2) is 7.35. The number of nitrogens with zero attached hydrogens (tertiary/aromatic N) is 1. The molecule has 0 N–H and O–H groups in total. The number of unbranched alkanes of at least 4 members (excludes halogenated alkanes) is 1. The predicted octanol–water partition coefficient (Wildman–Crippen LogP) is 4.71. The SMILES string of the molecule is CCCC[C@H]1CN2[C@H](c3ccc(Br)cc3)[C@H](C)CC[C@H]2C(=O)O1. The van der Waals surface area contributed by atoms with Gasteiger partial charge in [0.2, 0.25) is 0 Å². The van der Waals surface area contributed by atoms with Crippen LogP contribution in [0.4, 0.5) is 0 Å². The molecule has 1 aromatic rings. The summed E-state index contributed by atoms with van der Waals surface area (Å²) in [5, 5.41) is 0. The summed E-state index contributed by atoms with van der Waals surface area (Å²) in [6, 6.07) is 8.84. The zero-order chi connectivity index (χ0) is 16.4. The summed E-state index contributed by atoms with van der Waals surface area (Å²) in [6.07, 6.45) is 5.30. The Labute approximate surface area is 147 Å². The van der Waals surface area contributed by atoms with E-state index in [1.54, 1.807) is 0 Å². The molecule has 0 aromatic heterocycles. The van der Waals surface area contributed by atoms with Crippen LogP contribution in [0.1, 0.15) is 57.6 Å². The molecule has 0 aliphatic carbocycles. The van der Waals surface area contributed by atoms with Crippen molar-refractivity contribution in [1.29, 1.82) is 0 Å². The first-order chi connectivity index (χ1) is 11.1. The number of rotatable bonds is 4. The summed E-state index contributed by atoms with van der Waals surface area (Å²) < 4.78 is 6.81. The Morgan fingerprint density at radius 3 is 2.70 bits per heavy atom. The molecule has 1 aromatic carbocycles. The van der Waals surface area contributed by atoms with E-state index in [0.717, 1.165) is 43.1 Å². The monoisotopic (exact) mass is 379 g/mol. The number of ether oxygens (including phenoxy) is 1. The van der Waals surface area contributed by atoms with Crippen molar-refractivity contribution in [3.8, 4) is 0 Å². The molecule has 2 aliphatic heterocycles. The highest BCUT2D eigenvalue weighted by atomic mass is 79.9. The number of carbonyl (C=O) groups excluding carboxylic acids is 1. The zero-order valence-corrected chi connectivity index (χ0v) is 15.6. The summed E-state index contributed by atoms with van der Waals surface area (Å²) in [6.45, 7) is 5.37. The molecule has 0 amide bonds. The Balaban J connectivity index is 1.84. The van der Waals surface area contributed by atoms with Crippen LogP contribution in [0.2, 0.25) is 0 Å². The molecule has 0 spiro atoms. The number of cyclic esters (lactones) is 1. The minimum atomic E-state index is -0.0577. The van der Waals surface area contributed by atoms with Crippen molar-refractivity contribution in [2.75, 3.05) is 6.54 Å². The van der Waals surface area contributed by atoms with E-state index in [9.17, 15) is 4.79 Å². The Kier molecular flexibility index (Phi) is 5.42. The molecule has 0 radical (unpaired) electrons. The van der Waals surface area contributed by atoms with Crippen molar-refractivity contribution in [1.82, 2.24) is 4.90 Å². The summed E-state index contributed by atoms with van der Waals surface area (Å²) in [7, 11) is 0. The molecule has 23 heavy (non-hydrogen) atoms. The maximum absolute atomic E-state index is 12.5. The lowest BCUT2D eigenvalue weighted by molar-refractivity contribution is -0.174. The van der Waals surface area contributed by atoms with Gasteiger partial charge in [0.1, 0.15) is 12.1 Å². The number of hydrogen-bond donors (Lipinski definition) is 0. The Bertz CT molecular complexity index is 545. The third-order valence-electron chi connectivity index (χ3n) is 5.25. The van der Waals surface area contributed by atoms with Gasteiger partial charge in [0.05, 0.1) is 0 Å². The van der Waals surface area contributed by atoms with E-state index in [1.807, 2.05) is 0 Å². The minimum absolute atomic E-state index is 0.00800. The summed E-state index contributed by atoms with van der Waals surface area (Å²) in [5.74, 6) is 0.552. The Hall–Kier alpha value is -0.870. The predicted molar refractivity (Wildman–Crippen MR) is 95.2 cm³/mol. The summed E-state index contributed by atoms with van der Waals surface area (Å²) in [4.78, 5) is 14.9. The number of hydrogen-bond acceptors (Lipinski definition) is 3. The van der Waals surface area contributed by atoms with Gasteiger partial charge in [-0.2, -0.15) is 0 Å². The van der Waals surface area contributed by atoms with Crippen molar-refractivity contribution < 1.29 is 9.53 Å². The number of piperidine rings is 1. The highest BCUT2D eigenvalue weighted by Crippen LogP contribution is 2.41. The van der Waals surface area contributed by atoms with Crippen LogP contribution in [0.15, 0.2) is 28.7 Å². The second-order valence-electron chi connectivity index (χ2n) is 6.96. The number of halogens is 1. The van der Waals surface area contributed by atoms with E-state index >= 15 is 0 Å².